The number of hydrogen-bond acceptors (Lipinski definition) is 3. The molecule has 0 radical (unpaired) electrons. The Hall–Kier alpha value is -0.120. The fourth-order valence-electron chi connectivity index (χ4n) is 1.45. The van der Waals surface area contributed by atoms with Crippen LogP contribution in [0.25, 0.3) is 0 Å². The molecule has 1 aliphatic carbocycles. The molecule has 0 aliphatic heterocycles. The first-order chi connectivity index (χ1) is 5.88. The number of nitrogens with one attached hydrogen (secondary N) is 1. The highest BCUT2D eigenvalue weighted by Gasteiger charge is 2.34. The summed E-state index contributed by atoms with van der Waals surface area (Å²) in [5.41, 5.74) is 5.28. The molecule has 0 aromatic rings. The van der Waals surface area contributed by atoms with Crippen LogP contribution in [0, 0.1) is 5.92 Å². The lowest BCUT2D eigenvalue weighted by Crippen LogP contribution is -2.24. The van der Waals surface area contributed by atoms with Crippen molar-refractivity contribution in [3.63, 3.8) is 0 Å². The van der Waals surface area contributed by atoms with E-state index in [-0.39, 0.29) is 0 Å². The predicted molar refractivity (Wildman–Crippen MR) is 50.1 cm³/mol. The van der Waals surface area contributed by atoms with E-state index in [4.69, 9.17) is 10.5 Å². The zero-order valence-electron chi connectivity index (χ0n) is 7.88. The summed E-state index contributed by atoms with van der Waals surface area (Å²) in [6, 6.07) is 0.775. The smallest absolute Gasteiger partial charge is 0.0591 e. The molecule has 0 aromatic carbocycles. The third-order valence-electron chi connectivity index (χ3n) is 2.36. The van der Waals surface area contributed by atoms with Crippen molar-refractivity contribution in [3.8, 4) is 0 Å². The van der Waals surface area contributed by atoms with Crippen molar-refractivity contribution in [2.45, 2.75) is 25.8 Å². The van der Waals surface area contributed by atoms with Gasteiger partial charge in [-0.15, -0.1) is 0 Å². The Bertz CT molecular complexity index is 119. The lowest BCUT2D eigenvalue weighted by atomic mass is 10.3. The van der Waals surface area contributed by atoms with Crippen LogP contribution in [0.3, 0.4) is 0 Å². The molecule has 1 saturated carbocycles. The highest BCUT2D eigenvalue weighted by atomic mass is 16.5. The van der Waals surface area contributed by atoms with Crippen molar-refractivity contribution in [2.24, 2.45) is 11.7 Å². The molecule has 0 spiro atoms. The molecule has 1 aliphatic rings. The number of hydrogen-bond donors (Lipinski definition) is 2. The maximum absolute atomic E-state index is 5.28. The average molecular weight is 172 g/mol. The van der Waals surface area contributed by atoms with Gasteiger partial charge in [-0.3, -0.25) is 0 Å². The van der Waals surface area contributed by atoms with Gasteiger partial charge >= 0.3 is 0 Å². The molecule has 0 saturated heterocycles. The molecule has 72 valence electrons. The van der Waals surface area contributed by atoms with E-state index < -0.39 is 0 Å². The van der Waals surface area contributed by atoms with E-state index in [0.29, 0.717) is 13.2 Å². The van der Waals surface area contributed by atoms with Crippen LogP contribution in [0.1, 0.15) is 19.8 Å². The van der Waals surface area contributed by atoms with Crippen molar-refractivity contribution in [1.82, 2.24) is 5.32 Å². The van der Waals surface area contributed by atoms with Crippen molar-refractivity contribution >= 4 is 0 Å². The van der Waals surface area contributed by atoms with Gasteiger partial charge in [-0.05, 0) is 12.3 Å². The summed E-state index contributed by atoms with van der Waals surface area (Å²) in [7, 11) is 0. The second-order valence-corrected chi connectivity index (χ2v) is 3.37. The molecule has 3 heteroatoms. The second-order valence-electron chi connectivity index (χ2n) is 3.37. The van der Waals surface area contributed by atoms with Gasteiger partial charge in [-0.2, -0.15) is 0 Å². The minimum absolute atomic E-state index is 0.626. The quantitative estimate of drug-likeness (QED) is 0.545. The first-order valence-electron chi connectivity index (χ1n) is 4.89. The first-order valence-corrected chi connectivity index (χ1v) is 4.89. The highest BCUT2D eigenvalue weighted by molar-refractivity contribution is 4.91. The maximum atomic E-state index is 5.28. The zero-order valence-corrected chi connectivity index (χ0v) is 7.88. The van der Waals surface area contributed by atoms with E-state index in [1.165, 1.54) is 12.8 Å². The largest absolute Gasteiger partial charge is 0.379 e. The lowest BCUT2D eigenvalue weighted by molar-refractivity contribution is 0.142. The standard InChI is InChI=1S/C9H20N2O/c1-2-8-7-9(8)11-4-6-12-5-3-10/h8-9,11H,2-7,10H2,1H3. The van der Waals surface area contributed by atoms with E-state index in [9.17, 15) is 0 Å². The van der Waals surface area contributed by atoms with Crippen LogP contribution in [-0.2, 0) is 4.74 Å². The van der Waals surface area contributed by atoms with Crippen LogP contribution in [0.4, 0.5) is 0 Å². The van der Waals surface area contributed by atoms with Crippen LogP contribution in [0.5, 0.6) is 0 Å². The van der Waals surface area contributed by atoms with Crippen molar-refractivity contribution < 1.29 is 4.74 Å². The molecule has 1 fully saturated rings. The van der Waals surface area contributed by atoms with Gasteiger partial charge in [-0.25, -0.2) is 0 Å². The fraction of sp³-hybridized carbons (Fsp3) is 1.00. The SMILES string of the molecule is CCC1CC1NCCOCCN. The zero-order chi connectivity index (χ0) is 8.81. The van der Waals surface area contributed by atoms with Crippen molar-refractivity contribution in [1.29, 1.82) is 0 Å². The molecule has 0 bridgehead atoms. The molecule has 3 N–H and O–H groups in total. The maximum Gasteiger partial charge on any atom is 0.0591 e. The number of nitrogens with two attached hydrogens (primary N) is 1. The Balaban J connectivity index is 1.78. The summed E-state index contributed by atoms with van der Waals surface area (Å²) in [4.78, 5) is 0. The van der Waals surface area contributed by atoms with E-state index >= 15 is 0 Å². The van der Waals surface area contributed by atoms with E-state index in [2.05, 4.69) is 12.2 Å². The summed E-state index contributed by atoms with van der Waals surface area (Å²) in [5.74, 6) is 0.930. The van der Waals surface area contributed by atoms with Crippen molar-refractivity contribution in [2.75, 3.05) is 26.3 Å². The third kappa shape index (κ3) is 3.52. The van der Waals surface area contributed by atoms with E-state index in [1.54, 1.807) is 0 Å². The van der Waals surface area contributed by atoms with Crippen LogP contribution in [0.15, 0.2) is 0 Å². The molecule has 12 heavy (non-hydrogen) atoms. The molecule has 0 heterocycles. The normalized spacial score (nSPS) is 27.5. The summed E-state index contributed by atoms with van der Waals surface area (Å²) in [6.07, 6.45) is 2.66. The second kappa shape index (κ2) is 5.51. The summed E-state index contributed by atoms with van der Waals surface area (Å²) in [6.45, 7) is 5.33. The molecular weight excluding hydrogens is 152 g/mol. The lowest BCUT2D eigenvalue weighted by Gasteiger charge is -2.03. The van der Waals surface area contributed by atoms with Crippen LogP contribution < -0.4 is 11.1 Å². The molecule has 2 unspecified atom stereocenters. The van der Waals surface area contributed by atoms with Crippen molar-refractivity contribution in [3.05, 3.63) is 0 Å². The first kappa shape index (κ1) is 9.96. The minimum atomic E-state index is 0.626. The Morgan fingerprint density at radius 1 is 1.50 bits per heavy atom. The number of rotatable bonds is 7. The molecule has 1 rings (SSSR count). The monoisotopic (exact) mass is 172 g/mol. The van der Waals surface area contributed by atoms with Gasteiger partial charge in [0.05, 0.1) is 13.2 Å². The van der Waals surface area contributed by atoms with Gasteiger partial charge in [-0.1, -0.05) is 13.3 Å². The molecule has 3 nitrogen and oxygen atoms in total. The van der Waals surface area contributed by atoms with Gasteiger partial charge < -0.3 is 15.8 Å². The van der Waals surface area contributed by atoms with Crippen LogP contribution >= 0.6 is 0 Å². The van der Waals surface area contributed by atoms with E-state index in [0.717, 1.165) is 25.1 Å². The van der Waals surface area contributed by atoms with Crippen LogP contribution in [0.2, 0.25) is 0 Å². The Labute approximate surface area is 74.7 Å². The average Bonchev–Trinajstić information content (AvgIpc) is 2.83. The Kier molecular flexibility index (Phi) is 4.58. The third-order valence-corrected chi connectivity index (χ3v) is 2.36. The number of ether oxygens (including phenoxy) is 1. The molecular formula is C9H20N2O. The van der Waals surface area contributed by atoms with Gasteiger partial charge in [0, 0.05) is 19.1 Å². The van der Waals surface area contributed by atoms with Gasteiger partial charge in [0.1, 0.15) is 0 Å². The molecule has 2 atom stereocenters. The molecule has 0 aromatic heterocycles. The van der Waals surface area contributed by atoms with Gasteiger partial charge in [0.15, 0.2) is 0 Å². The van der Waals surface area contributed by atoms with Gasteiger partial charge in [0.25, 0.3) is 0 Å². The van der Waals surface area contributed by atoms with Crippen LogP contribution in [-0.4, -0.2) is 32.3 Å². The minimum Gasteiger partial charge on any atom is -0.379 e. The van der Waals surface area contributed by atoms with E-state index in [1.807, 2.05) is 0 Å². The topological polar surface area (TPSA) is 47.3 Å². The summed E-state index contributed by atoms with van der Waals surface area (Å²) < 4.78 is 5.24. The highest BCUT2D eigenvalue weighted by Crippen LogP contribution is 2.32. The molecule has 0 amide bonds. The Morgan fingerprint density at radius 3 is 2.92 bits per heavy atom. The summed E-state index contributed by atoms with van der Waals surface area (Å²) in [5, 5.41) is 3.45. The summed E-state index contributed by atoms with van der Waals surface area (Å²) >= 11 is 0. The predicted octanol–water partition coefficient (Wildman–Crippen LogP) is 0.350. The Morgan fingerprint density at radius 2 is 2.33 bits per heavy atom. The fourth-order valence-corrected chi connectivity index (χ4v) is 1.45. The van der Waals surface area contributed by atoms with Gasteiger partial charge in [0.2, 0.25) is 0 Å².